The number of nitrogens with zero attached hydrogens (tertiary/aromatic N) is 3. The van der Waals surface area contributed by atoms with Crippen molar-refractivity contribution in [2.45, 2.75) is 19.9 Å². The molecule has 0 aliphatic carbocycles. The number of esters is 2. The smallest absolute Gasteiger partial charge is 0.338 e. The Morgan fingerprint density at radius 3 is 2.27 bits per heavy atom. The molecular formula is C34H29N3O7S. The van der Waals surface area contributed by atoms with Crippen LogP contribution in [0.2, 0.25) is 0 Å². The highest BCUT2D eigenvalue weighted by Gasteiger charge is 2.39. The van der Waals surface area contributed by atoms with Crippen molar-refractivity contribution < 1.29 is 28.6 Å². The summed E-state index contributed by atoms with van der Waals surface area (Å²) in [4.78, 5) is 61.1. The molecule has 1 aromatic heterocycles. The molecule has 2 aliphatic heterocycles. The Morgan fingerprint density at radius 1 is 0.889 bits per heavy atom. The average Bonchev–Trinajstić information content (AvgIpc) is 3.52. The molecule has 45 heavy (non-hydrogen) atoms. The Balaban J connectivity index is 1.65. The van der Waals surface area contributed by atoms with Crippen molar-refractivity contribution in [3.63, 3.8) is 0 Å². The predicted molar refractivity (Wildman–Crippen MR) is 168 cm³/mol. The van der Waals surface area contributed by atoms with E-state index < -0.39 is 29.4 Å². The lowest BCUT2D eigenvalue weighted by Gasteiger charge is -2.26. The van der Waals surface area contributed by atoms with Crippen molar-refractivity contribution in [3.05, 3.63) is 121 Å². The van der Waals surface area contributed by atoms with Crippen LogP contribution in [0.3, 0.4) is 0 Å². The van der Waals surface area contributed by atoms with Gasteiger partial charge in [-0.25, -0.2) is 9.79 Å². The molecule has 0 radical (unpaired) electrons. The minimum atomic E-state index is -0.918. The van der Waals surface area contributed by atoms with Gasteiger partial charge in [0.05, 0.1) is 48.9 Å². The van der Waals surface area contributed by atoms with Crippen LogP contribution in [0.1, 0.15) is 36.6 Å². The maximum absolute atomic E-state index is 14.5. The van der Waals surface area contributed by atoms with E-state index in [9.17, 15) is 19.2 Å². The van der Waals surface area contributed by atoms with Gasteiger partial charge in [0.15, 0.2) is 4.80 Å². The number of rotatable bonds is 8. The van der Waals surface area contributed by atoms with Crippen molar-refractivity contribution in [1.29, 1.82) is 0 Å². The molecular weight excluding hydrogens is 594 g/mol. The molecule has 0 saturated carbocycles. The van der Waals surface area contributed by atoms with Gasteiger partial charge in [-0.05, 0) is 37.6 Å². The Hall–Kier alpha value is -5.29. The van der Waals surface area contributed by atoms with Gasteiger partial charge in [-0.15, -0.1) is 0 Å². The standard InChI is InChI=1S/C34H29N3O7S/c1-4-43-25(38)19-36-24-14-10-9-13-23(24)26(31(36)39)30-32(40)37-29(21-15-17-22(42-3)18-16-21)27(33(41)44-5-2)28(35-34(37)45-30)20-11-7-6-8-12-20/h6-18,29H,4-5,19H2,1-3H3/b30-26+/t29-/m1/s1. The van der Waals surface area contributed by atoms with E-state index in [1.165, 1.54) is 9.47 Å². The second kappa shape index (κ2) is 12.4. The molecule has 11 heteroatoms. The van der Waals surface area contributed by atoms with Crippen LogP contribution in [-0.4, -0.2) is 49.3 Å². The topological polar surface area (TPSA) is 116 Å². The van der Waals surface area contributed by atoms with Crippen molar-refractivity contribution in [2.75, 3.05) is 31.8 Å². The summed E-state index contributed by atoms with van der Waals surface area (Å²) in [5.74, 6) is -1.06. The van der Waals surface area contributed by atoms with Crippen LogP contribution >= 0.6 is 11.3 Å². The first-order valence-electron chi connectivity index (χ1n) is 14.4. The van der Waals surface area contributed by atoms with Gasteiger partial charge < -0.3 is 14.2 Å². The Bertz CT molecular complexity index is 2030. The lowest BCUT2D eigenvalue weighted by atomic mass is 9.93. The minimum Gasteiger partial charge on any atom is -0.497 e. The van der Waals surface area contributed by atoms with Gasteiger partial charge in [0, 0.05) is 11.1 Å². The van der Waals surface area contributed by atoms with Crippen LogP contribution < -0.4 is 24.5 Å². The van der Waals surface area contributed by atoms with Crippen molar-refractivity contribution in [1.82, 2.24) is 4.57 Å². The van der Waals surface area contributed by atoms with Crippen LogP contribution in [0.15, 0.2) is 94.2 Å². The molecule has 0 saturated heterocycles. The molecule has 0 fully saturated rings. The fourth-order valence-corrected chi connectivity index (χ4v) is 6.68. The normalized spacial score (nSPS) is 16.6. The van der Waals surface area contributed by atoms with E-state index in [1.54, 1.807) is 69.5 Å². The summed E-state index contributed by atoms with van der Waals surface area (Å²) < 4.78 is 17.6. The highest BCUT2D eigenvalue weighted by Crippen LogP contribution is 2.37. The second-order valence-electron chi connectivity index (χ2n) is 10.1. The number of thiazole rings is 1. The SMILES string of the molecule is CCOC(=O)CN1C(=O)/C(=c2/sc3n(c2=O)[C@H](c2ccc(OC)cc2)C(C(=O)OCC)=C(c2ccccc2)N=3)c2ccccc21. The van der Waals surface area contributed by atoms with Gasteiger partial charge >= 0.3 is 11.9 Å². The third-order valence-corrected chi connectivity index (χ3v) is 8.58. The number of fused-ring (bicyclic) bond motifs is 2. The molecule has 0 N–H and O–H groups in total. The van der Waals surface area contributed by atoms with Gasteiger partial charge in [0.2, 0.25) is 0 Å². The van der Waals surface area contributed by atoms with E-state index in [0.717, 1.165) is 11.3 Å². The number of ether oxygens (including phenoxy) is 3. The van der Waals surface area contributed by atoms with Gasteiger partial charge in [0.1, 0.15) is 16.8 Å². The van der Waals surface area contributed by atoms with E-state index in [4.69, 9.17) is 19.2 Å². The summed E-state index contributed by atoms with van der Waals surface area (Å²) in [6.07, 6.45) is 0. The lowest BCUT2D eigenvalue weighted by Crippen LogP contribution is -2.41. The zero-order valence-electron chi connectivity index (χ0n) is 24.8. The summed E-state index contributed by atoms with van der Waals surface area (Å²) in [6, 6.07) is 22.4. The van der Waals surface area contributed by atoms with E-state index >= 15 is 0 Å². The third-order valence-electron chi connectivity index (χ3n) is 7.52. The highest BCUT2D eigenvalue weighted by molar-refractivity contribution is 7.07. The number of anilines is 1. The Kier molecular flexibility index (Phi) is 8.18. The number of methoxy groups -OCH3 is 1. The highest BCUT2D eigenvalue weighted by atomic mass is 32.1. The quantitative estimate of drug-likeness (QED) is 0.277. The molecule has 0 bridgehead atoms. The second-order valence-corrected chi connectivity index (χ2v) is 11.1. The van der Waals surface area contributed by atoms with Crippen LogP contribution in [0, 0.1) is 0 Å². The Morgan fingerprint density at radius 2 is 1.58 bits per heavy atom. The summed E-state index contributed by atoms with van der Waals surface area (Å²) in [7, 11) is 1.55. The molecule has 1 atom stereocenters. The first-order valence-corrected chi connectivity index (χ1v) is 15.2. The third kappa shape index (κ3) is 5.25. The van der Waals surface area contributed by atoms with Crippen LogP contribution in [-0.2, 0) is 23.9 Å². The average molecular weight is 624 g/mol. The molecule has 2 aliphatic rings. The predicted octanol–water partition coefficient (Wildman–Crippen LogP) is 3.22. The van der Waals surface area contributed by atoms with Gasteiger partial charge in [0.25, 0.3) is 11.5 Å². The van der Waals surface area contributed by atoms with Gasteiger partial charge in [-0.1, -0.05) is 72.0 Å². The maximum atomic E-state index is 14.5. The molecule has 0 spiro atoms. The van der Waals surface area contributed by atoms with Crippen LogP contribution in [0.5, 0.6) is 5.75 Å². The molecule has 228 valence electrons. The number of hydrogen-bond donors (Lipinski definition) is 0. The molecule has 10 nitrogen and oxygen atoms in total. The minimum absolute atomic E-state index is 0.121. The largest absolute Gasteiger partial charge is 0.497 e. The Labute approximate surface area is 262 Å². The van der Waals surface area contributed by atoms with Gasteiger partial charge in [-0.3, -0.25) is 23.9 Å². The number of para-hydroxylation sites is 1. The zero-order valence-corrected chi connectivity index (χ0v) is 25.6. The molecule has 3 heterocycles. The fraction of sp³-hybridized carbons (Fsp3) is 0.206. The van der Waals surface area contributed by atoms with E-state index in [1.807, 2.05) is 30.3 Å². The van der Waals surface area contributed by atoms with Crippen LogP contribution in [0.4, 0.5) is 5.69 Å². The van der Waals surface area contributed by atoms with Crippen molar-refractivity contribution in [2.24, 2.45) is 4.99 Å². The monoisotopic (exact) mass is 623 g/mol. The number of aromatic nitrogens is 1. The lowest BCUT2D eigenvalue weighted by molar-refractivity contribution is -0.142. The van der Waals surface area contributed by atoms with Crippen molar-refractivity contribution >= 4 is 46.1 Å². The molecule has 6 rings (SSSR count). The number of amides is 1. The molecule has 3 aromatic carbocycles. The first kappa shape index (κ1) is 29.8. The summed E-state index contributed by atoms with van der Waals surface area (Å²) >= 11 is 1.06. The maximum Gasteiger partial charge on any atom is 0.338 e. The summed E-state index contributed by atoms with van der Waals surface area (Å²) in [5.41, 5.74) is 2.55. The van der Waals surface area contributed by atoms with Crippen molar-refractivity contribution in [3.8, 4) is 5.75 Å². The first-order chi connectivity index (χ1) is 21.9. The molecule has 4 aromatic rings. The van der Waals surface area contributed by atoms with E-state index in [-0.39, 0.29) is 35.4 Å². The fourth-order valence-electron chi connectivity index (χ4n) is 5.58. The molecule has 0 unspecified atom stereocenters. The summed E-state index contributed by atoms with van der Waals surface area (Å²) in [6.45, 7) is 3.40. The summed E-state index contributed by atoms with van der Waals surface area (Å²) in [5, 5.41) is 0. The number of carbonyl (C=O) groups excluding carboxylic acids is 3. The van der Waals surface area contributed by atoms with Gasteiger partial charge in [-0.2, -0.15) is 0 Å². The number of carbonyl (C=O) groups is 3. The zero-order chi connectivity index (χ0) is 31.7. The van der Waals surface area contributed by atoms with Crippen LogP contribution in [0.25, 0.3) is 11.3 Å². The molecule has 1 amide bonds. The number of benzene rings is 3. The van der Waals surface area contributed by atoms with E-state index in [2.05, 4.69) is 0 Å². The number of hydrogen-bond acceptors (Lipinski definition) is 9. The van der Waals surface area contributed by atoms with E-state index in [0.29, 0.717) is 38.6 Å².